The molecule has 0 bridgehead atoms. The third-order valence-electron chi connectivity index (χ3n) is 5.47. The van der Waals surface area contributed by atoms with Gasteiger partial charge in [0, 0.05) is 19.5 Å². The molecule has 162 valence electrons. The first-order valence-corrected chi connectivity index (χ1v) is 10.8. The van der Waals surface area contributed by atoms with Crippen molar-refractivity contribution < 1.29 is 14.0 Å². The van der Waals surface area contributed by atoms with Gasteiger partial charge in [0.25, 0.3) is 0 Å². The number of carbonyl (C=O) groups excluding carboxylic acids is 2. The number of amides is 2. The maximum atomic E-state index is 13.3. The zero-order chi connectivity index (χ0) is 22.2. The molecule has 3 aromatic rings. The van der Waals surface area contributed by atoms with Gasteiger partial charge in [0.1, 0.15) is 11.9 Å². The molecular weight excluding hydrogens is 391 g/mol. The number of carbonyl (C=O) groups is 2. The first kappa shape index (κ1) is 22.5. The summed E-state index contributed by atoms with van der Waals surface area (Å²) < 4.78 is 13.3. The Bertz CT molecular complexity index is 1030. The van der Waals surface area contributed by atoms with Crippen LogP contribution >= 0.6 is 0 Å². The van der Waals surface area contributed by atoms with Crippen LogP contribution in [0.3, 0.4) is 0 Å². The Hall–Kier alpha value is -3.21. The summed E-state index contributed by atoms with van der Waals surface area (Å²) in [5.41, 5.74) is 1.89. The number of nitrogens with one attached hydrogen (secondary N) is 1. The number of halogens is 1. The van der Waals surface area contributed by atoms with Crippen molar-refractivity contribution in [1.82, 2.24) is 10.2 Å². The zero-order valence-corrected chi connectivity index (χ0v) is 18.1. The van der Waals surface area contributed by atoms with Crippen LogP contribution in [0.2, 0.25) is 0 Å². The van der Waals surface area contributed by atoms with Crippen molar-refractivity contribution in [3.63, 3.8) is 0 Å². The van der Waals surface area contributed by atoms with Crippen LogP contribution < -0.4 is 5.32 Å². The molecule has 0 radical (unpaired) electrons. The van der Waals surface area contributed by atoms with E-state index in [1.165, 1.54) is 12.1 Å². The Kier molecular flexibility index (Phi) is 7.76. The van der Waals surface area contributed by atoms with Crippen molar-refractivity contribution >= 4 is 22.6 Å². The van der Waals surface area contributed by atoms with Gasteiger partial charge in [0.2, 0.25) is 11.8 Å². The first-order chi connectivity index (χ1) is 15.0. The van der Waals surface area contributed by atoms with E-state index in [0.717, 1.165) is 28.3 Å². The second-order valence-electron chi connectivity index (χ2n) is 7.75. The molecule has 0 fully saturated rings. The summed E-state index contributed by atoms with van der Waals surface area (Å²) in [4.78, 5) is 27.4. The molecule has 1 N–H and O–H groups in total. The van der Waals surface area contributed by atoms with Gasteiger partial charge in [-0.05, 0) is 53.8 Å². The highest BCUT2D eigenvalue weighted by molar-refractivity contribution is 5.88. The molecule has 0 saturated heterocycles. The lowest BCUT2D eigenvalue weighted by Gasteiger charge is -2.29. The minimum atomic E-state index is -0.614. The predicted octanol–water partition coefficient (Wildman–Crippen LogP) is 4.86. The summed E-state index contributed by atoms with van der Waals surface area (Å²) in [6.07, 6.45) is 1.70. The van der Waals surface area contributed by atoms with E-state index in [0.29, 0.717) is 19.4 Å². The highest BCUT2D eigenvalue weighted by atomic mass is 19.1. The molecular formula is C26H29FN2O2. The molecule has 31 heavy (non-hydrogen) atoms. The van der Waals surface area contributed by atoms with Gasteiger partial charge >= 0.3 is 0 Å². The number of hydrogen-bond donors (Lipinski definition) is 1. The van der Waals surface area contributed by atoms with E-state index < -0.39 is 6.04 Å². The number of aryl methyl sites for hydroxylation is 1. The van der Waals surface area contributed by atoms with Crippen molar-refractivity contribution in [3.05, 3.63) is 83.7 Å². The molecule has 0 aliphatic carbocycles. The predicted molar refractivity (Wildman–Crippen MR) is 122 cm³/mol. The Labute approximate surface area is 183 Å². The highest BCUT2D eigenvalue weighted by Crippen LogP contribution is 2.21. The van der Waals surface area contributed by atoms with Gasteiger partial charge in [-0.25, -0.2) is 4.39 Å². The van der Waals surface area contributed by atoms with Crippen LogP contribution in [0.4, 0.5) is 4.39 Å². The Morgan fingerprint density at radius 1 is 1.00 bits per heavy atom. The minimum absolute atomic E-state index is 0.101. The average molecular weight is 421 g/mol. The van der Waals surface area contributed by atoms with Gasteiger partial charge in [-0.2, -0.15) is 0 Å². The lowest BCUT2D eigenvalue weighted by atomic mass is 10.0. The van der Waals surface area contributed by atoms with Crippen LogP contribution in [-0.4, -0.2) is 29.3 Å². The highest BCUT2D eigenvalue weighted by Gasteiger charge is 2.25. The SMILES string of the molecule is CCCNC(=O)C(C)N(Cc1ccc(F)cc1)C(=O)CCc1cccc2ccccc12. The lowest BCUT2D eigenvalue weighted by molar-refractivity contribution is -0.140. The summed E-state index contributed by atoms with van der Waals surface area (Å²) in [6.45, 7) is 4.55. The molecule has 0 spiro atoms. The molecule has 4 nitrogen and oxygen atoms in total. The summed E-state index contributed by atoms with van der Waals surface area (Å²) in [5, 5.41) is 5.14. The molecule has 0 aromatic heterocycles. The molecule has 3 rings (SSSR count). The van der Waals surface area contributed by atoms with Crippen molar-refractivity contribution in [2.24, 2.45) is 0 Å². The van der Waals surface area contributed by atoms with Crippen LogP contribution in [-0.2, 0) is 22.6 Å². The molecule has 5 heteroatoms. The van der Waals surface area contributed by atoms with Crippen molar-refractivity contribution in [2.75, 3.05) is 6.54 Å². The lowest BCUT2D eigenvalue weighted by Crippen LogP contribution is -2.47. The molecule has 2 amide bonds. The van der Waals surface area contributed by atoms with Gasteiger partial charge in [-0.3, -0.25) is 9.59 Å². The molecule has 0 heterocycles. The number of rotatable bonds is 9. The maximum Gasteiger partial charge on any atom is 0.242 e. The fraction of sp³-hybridized carbons (Fsp3) is 0.308. The molecule has 3 aromatic carbocycles. The van der Waals surface area contributed by atoms with Crippen LogP contribution in [0.25, 0.3) is 10.8 Å². The largest absolute Gasteiger partial charge is 0.354 e. The Morgan fingerprint density at radius 3 is 2.45 bits per heavy atom. The fourth-order valence-corrected chi connectivity index (χ4v) is 3.66. The monoisotopic (exact) mass is 420 g/mol. The van der Waals surface area contributed by atoms with E-state index in [4.69, 9.17) is 0 Å². The van der Waals surface area contributed by atoms with Gasteiger partial charge in [-0.1, -0.05) is 61.5 Å². The van der Waals surface area contributed by atoms with Crippen molar-refractivity contribution in [1.29, 1.82) is 0 Å². The third-order valence-corrected chi connectivity index (χ3v) is 5.47. The number of nitrogens with zero attached hydrogens (tertiary/aromatic N) is 1. The number of benzene rings is 3. The third kappa shape index (κ3) is 5.91. The zero-order valence-electron chi connectivity index (χ0n) is 18.1. The smallest absolute Gasteiger partial charge is 0.242 e. The van der Waals surface area contributed by atoms with E-state index in [1.54, 1.807) is 24.0 Å². The summed E-state index contributed by atoms with van der Waals surface area (Å²) in [7, 11) is 0. The Balaban J connectivity index is 1.77. The van der Waals surface area contributed by atoms with Crippen LogP contribution in [0, 0.1) is 5.82 Å². The molecule has 0 saturated carbocycles. The first-order valence-electron chi connectivity index (χ1n) is 10.8. The second kappa shape index (κ2) is 10.7. The van der Waals surface area contributed by atoms with Gasteiger partial charge < -0.3 is 10.2 Å². The van der Waals surface area contributed by atoms with Crippen LogP contribution in [0.5, 0.6) is 0 Å². The normalized spacial score (nSPS) is 11.8. The average Bonchev–Trinajstić information content (AvgIpc) is 2.80. The summed E-state index contributed by atoms with van der Waals surface area (Å²) >= 11 is 0. The topological polar surface area (TPSA) is 49.4 Å². The fourth-order valence-electron chi connectivity index (χ4n) is 3.66. The van der Waals surface area contributed by atoms with Crippen LogP contribution in [0.15, 0.2) is 66.7 Å². The van der Waals surface area contributed by atoms with E-state index in [2.05, 4.69) is 23.5 Å². The Morgan fingerprint density at radius 2 is 1.71 bits per heavy atom. The van der Waals surface area contributed by atoms with E-state index in [-0.39, 0.29) is 24.2 Å². The summed E-state index contributed by atoms with van der Waals surface area (Å²) in [6, 6.07) is 19.6. The number of fused-ring (bicyclic) bond motifs is 1. The van der Waals surface area contributed by atoms with E-state index >= 15 is 0 Å². The van der Waals surface area contributed by atoms with Crippen molar-refractivity contribution in [3.8, 4) is 0 Å². The van der Waals surface area contributed by atoms with Gasteiger partial charge in [0.15, 0.2) is 0 Å². The second-order valence-corrected chi connectivity index (χ2v) is 7.75. The van der Waals surface area contributed by atoms with Gasteiger partial charge in [-0.15, -0.1) is 0 Å². The quantitative estimate of drug-likeness (QED) is 0.538. The molecule has 1 atom stereocenters. The molecule has 0 aliphatic heterocycles. The van der Waals surface area contributed by atoms with E-state index in [9.17, 15) is 14.0 Å². The standard InChI is InChI=1S/C26H29FN2O2/c1-3-17-28-26(31)19(2)29(18-20-11-14-23(27)15-12-20)25(30)16-13-22-9-6-8-21-7-4-5-10-24(21)22/h4-12,14-15,19H,3,13,16-18H2,1-2H3,(H,28,31). The molecule has 1 unspecified atom stereocenters. The maximum absolute atomic E-state index is 13.3. The van der Waals surface area contributed by atoms with Crippen LogP contribution in [0.1, 0.15) is 37.8 Å². The summed E-state index contributed by atoms with van der Waals surface area (Å²) in [5.74, 6) is -0.606. The minimum Gasteiger partial charge on any atom is -0.354 e. The number of hydrogen-bond acceptors (Lipinski definition) is 2. The van der Waals surface area contributed by atoms with Gasteiger partial charge in [0.05, 0.1) is 0 Å². The van der Waals surface area contributed by atoms with E-state index in [1.807, 2.05) is 31.2 Å². The molecule has 0 aliphatic rings. The van der Waals surface area contributed by atoms with Crippen molar-refractivity contribution in [2.45, 2.75) is 45.7 Å².